The van der Waals surface area contributed by atoms with Crippen LogP contribution in [0.2, 0.25) is 0 Å². The summed E-state index contributed by atoms with van der Waals surface area (Å²) in [4.78, 5) is 0. The molecule has 0 heterocycles. The van der Waals surface area contributed by atoms with Gasteiger partial charge in [0.05, 0.1) is 11.6 Å². The molecule has 2 rings (SSSR count). The molecule has 3 nitrogen and oxygen atoms in total. The van der Waals surface area contributed by atoms with Crippen LogP contribution in [0.1, 0.15) is 30.9 Å². The summed E-state index contributed by atoms with van der Waals surface area (Å²) in [7, 11) is 0. The quantitative estimate of drug-likeness (QED) is 0.819. The number of thiocarbonyl (C=S) groups is 1. The van der Waals surface area contributed by atoms with Crippen LogP contribution in [-0.4, -0.2) is 5.11 Å². The summed E-state index contributed by atoms with van der Waals surface area (Å²) in [5.74, 6) is 0.473. The van der Waals surface area contributed by atoms with Gasteiger partial charge in [-0.1, -0.05) is 32.0 Å². The Morgan fingerprint density at radius 1 is 1.05 bits per heavy atom. The van der Waals surface area contributed by atoms with Gasteiger partial charge >= 0.3 is 0 Å². The van der Waals surface area contributed by atoms with Crippen molar-refractivity contribution in [3.05, 3.63) is 59.7 Å². The standard InChI is InChI=1S/C17H17N3S/c1-12(2)14-6-4-8-16(10-14)20-17(21)19-15-7-3-5-13(9-15)11-18/h3-10,12H,1-2H3,(H2,19,20,21). The Morgan fingerprint density at radius 3 is 2.29 bits per heavy atom. The molecule has 0 radical (unpaired) electrons. The summed E-state index contributed by atoms with van der Waals surface area (Å²) in [5, 5.41) is 15.6. The molecular formula is C17H17N3S. The number of benzene rings is 2. The molecule has 0 atom stereocenters. The van der Waals surface area contributed by atoms with Crippen molar-refractivity contribution in [2.24, 2.45) is 0 Å². The zero-order valence-corrected chi connectivity index (χ0v) is 12.9. The molecule has 0 aliphatic rings. The third-order valence-corrected chi connectivity index (χ3v) is 3.26. The van der Waals surface area contributed by atoms with E-state index < -0.39 is 0 Å². The summed E-state index contributed by atoms with van der Waals surface area (Å²) in [5.41, 5.74) is 3.61. The first-order valence-electron chi connectivity index (χ1n) is 6.76. The number of nitriles is 1. The van der Waals surface area contributed by atoms with Crippen LogP contribution in [-0.2, 0) is 0 Å². The van der Waals surface area contributed by atoms with E-state index in [-0.39, 0.29) is 0 Å². The highest BCUT2D eigenvalue weighted by Gasteiger charge is 2.03. The lowest BCUT2D eigenvalue weighted by molar-refractivity contribution is 0.867. The lowest BCUT2D eigenvalue weighted by atomic mass is 10.0. The van der Waals surface area contributed by atoms with Crippen molar-refractivity contribution >= 4 is 28.7 Å². The van der Waals surface area contributed by atoms with Crippen LogP contribution < -0.4 is 10.6 Å². The average molecular weight is 295 g/mol. The minimum atomic E-state index is 0.473. The summed E-state index contributed by atoms with van der Waals surface area (Å²) in [6, 6.07) is 17.5. The first kappa shape index (κ1) is 15.0. The molecule has 0 unspecified atom stereocenters. The Morgan fingerprint density at radius 2 is 1.67 bits per heavy atom. The molecule has 0 aliphatic carbocycles. The van der Waals surface area contributed by atoms with Crippen molar-refractivity contribution in [2.75, 3.05) is 10.6 Å². The predicted octanol–water partition coefficient (Wildman–Crippen LogP) is 4.49. The van der Waals surface area contributed by atoms with Gasteiger partial charge in [0.15, 0.2) is 5.11 Å². The van der Waals surface area contributed by atoms with Crippen LogP contribution in [0.5, 0.6) is 0 Å². The van der Waals surface area contributed by atoms with Crippen LogP contribution >= 0.6 is 12.2 Å². The molecule has 106 valence electrons. The fourth-order valence-corrected chi connectivity index (χ4v) is 2.17. The van der Waals surface area contributed by atoms with E-state index in [0.29, 0.717) is 16.6 Å². The Balaban J connectivity index is 2.05. The monoisotopic (exact) mass is 295 g/mol. The highest BCUT2D eigenvalue weighted by Crippen LogP contribution is 2.19. The van der Waals surface area contributed by atoms with Crippen LogP contribution in [0.25, 0.3) is 0 Å². The smallest absolute Gasteiger partial charge is 0.175 e. The summed E-state index contributed by atoms with van der Waals surface area (Å²) < 4.78 is 0. The number of nitrogens with one attached hydrogen (secondary N) is 2. The van der Waals surface area contributed by atoms with E-state index in [4.69, 9.17) is 17.5 Å². The lowest BCUT2D eigenvalue weighted by Crippen LogP contribution is -2.19. The van der Waals surface area contributed by atoms with Gasteiger partial charge in [0.1, 0.15) is 0 Å². The zero-order chi connectivity index (χ0) is 15.2. The molecule has 0 spiro atoms. The van der Waals surface area contributed by atoms with Gasteiger partial charge in [0, 0.05) is 11.4 Å². The second kappa shape index (κ2) is 6.87. The molecule has 4 heteroatoms. The van der Waals surface area contributed by atoms with Gasteiger partial charge in [0.25, 0.3) is 0 Å². The summed E-state index contributed by atoms with van der Waals surface area (Å²) >= 11 is 5.30. The SMILES string of the molecule is CC(C)c1cccc(NC(=S)Nc2cccc(C#N)c2)c1. The predicted molar refractivity (Wildman–Crippen MR) is 91.5 cm³/mol. The number of nitrogens with zero attached hydrogens (tertiary/aromatic N) is 1. The van der Waals surface area contributed by atoms with Crippen molar-refractivity contribution in [3.8, 4) is 6.07 Å². The van der Waals surface area contributed by atoms with Gasteiger partial charge in [-0.3, -0.25) is 0 Å². The molecule has 0 fully saturated rings. The number of hydrogen-bond donors (Lipinski definition) is 2. The van der Waals surface area contributed by atoms with Crippen LogP contribution in [0.3, 0.4) is 0 Å². The Labute approximate surface area is 130 Å². The van der Waals surface area contributed by atoms with E-state index in [1.807, 2.05) is 24.3 Å². The van der Waals surface area contributed by atoms with Gasteiger partial charge in [-0.2, -0.15) is 5.26 Å². The molecule has 0 amide bonds. The normalized spacial score (nSPS) is 10.0. The summed E-state index contributed by atoms with van der Waals surface area (Å²) in [6.07, 6.45) is 0. The van der Waals surface area contributed by atoms with Gasteiger partial charge < -0.3 is 10.6 Å². The maximum absolute atomic E-state index is 8.89. The molecule has 2 N–H and O–H groups in total. The third kappa shape index (κ3) is 4.30. The molecule has 2 aromatic rings. The Hall–Kier alpha value is -2.38. The van der Waals surface area contributed by atoms with E-state index in [0.717, 1.165) is 11.4 Å². The average Bonchev–Trinajstić information content (AvgIpc) is 2.47. The molecule has 0 saturated heterocycles. The van der Waals surface area contributed by atoms with Crippen molar-refractivity contribution in [2.45, 2.75) is 19.8 Å². The van der Waals surface area contributed by atoms with Crippen molar-refractivity contribution in [1.29, 1.82) is 5.26 Å². The molecular weight excluding hydrogens is 278 g/mol. The highest BCUT2D eigenvalue weighted by atomic mass is 32.1. The van der Waals surface area contributed by atoms with E-state index in [1.165, 1.54) is 5.56 Å². The van der Waals surface area contributed by atoms with Gasteiger partial charge in [-0.05, 0) is 54.0 Å². The van der Waals surface area contributed by atoms with E-state index in [9.17, 15) is 0 Å². The van der Waals surface area contributed by atoms with Crippen LogP contribution in [0, 0.1) is 11.3 Å². The fourth-order valence-electron chi connectivity index (χ4n) is 1.94. The highest BCUT2D eigenvalue weighted by molar-refractivity contribution is 7.80. The first-order valence-corrected chi connectivity index (χ1v) is 7.17. The van der Waals surface area contributed by atoms with E-state index >= 15 is 0 Å². The maximum atomic E-state index is 8.89. The Kier molecular flexibility index (Phi) is 4.91. The number of rotatable bonds is 3. The second-order valence-corrected chi connectivity index (χ2v) is 5.46. The van der Waals surface area contributed by atoms with Crippen LogP contribution in [0.15, 0.2) is 48.5 Å². The summed E-state index contributed by atoms with van der Waals surface area (Å²) in [6.45, 7) is 4.31. The topological polar surface area (TPSA) is 47.8 Å². The van der Waals surface area contributed by atoms with E-state index in [2.05, 4.69) is 42.7 Å². The third-order valence-electron chi connectivity index (χ3n) is 3.06. The fraction of sp³-hybridized carbons (Fsp3) is 0.176. The lowest BCUT2D eigenvalue weighted by Gasteiger charge is -2.12. The largest absolute Gasteiger partial charge is 0.332 e. The number of anilines is 2. The van der Waals surface area contributed by atoms with Crippen molar-refractivity contribution in [3.63, 3.8) is 0 Å². The van der Waals surface area contributed by atoms with E-state index in [1.54, 1.807) is 12.1 Å². The maximum Gasteiger partial charge on any atom is 0.175 e. The van der Waals surface area contributed by atoms with Gasteiger partial charge in [0.2, 0.25) is 0 Å². The van der Waals surface area contributed by atoms with Gasteiger partial charge in [-0.25, -0.2) is 0 Å². The van der Waals surface area contributed by atoms with Crippen molar-refractivity contribution < 1.29 is 0 Å². The molecule has 0 bridgehead atoms. The number of hydrogen-bond acceptors (Lipinski definition) is 2. The van der Waals surface area contributed by atoms with Crippen LogP contribution in [0.4, 0.5) is 11.4 Å². The second-order valence-electron chi connectivity index (χ2n) is 5.05. The molecule has 21 heavy (non-hydrogen) atoms. The zero-order valence-electron chi connectivity index (χ0n) is 12.1. The van der Waals surface area contributed by atoms with Gasteiger partial charge in [-0.15, -0.1) is 0 Å². The minimum Gasteiger partial charge on any atom is -0.332 e. The first-order chi connectivity index (χ1) is 10.1. The molecule has 0 saturated carbocycles. The molecule has 0 aliphatic heterocycles. The molecule has 2 aromatic carbocycles. The minimum absolute atomic E-state index is 0.473. The van der Waals surface area contributed by atoms with Crippen molar-refractivity contribution in [1.82, 2.24) is 0 Å². The Bertz CT molecular complexity index is 686. The molecule has 0 aromatic heterocycles.